The predicted octanol–water partition coefficient (Wildman–Crippen LogP) is 4.37. The largest absolute Gasteiger partial charge is 0.393 e. The molecule has 2 aromatic carbocycles. The van der Waals surface area contributed by atoms with E-state index in [1.54, 1.807) is 19.1 Å². The Morgan fingerprint density at radius 3 is 2.21 bits per heavy atom. The third kappa shape index (κ3) is 3.42. The molecule has 1 nitrogen and oxygen atoms in total. The predicted molar refractivity (Wildman–Crippen MR) is 76.5 cm³/mol. The second kappa shape index (κ2) is 5.98. The molecule has 0 aromatic heterocycles. The summed E-state index contributed by atoms with van der Waals surface area (Å²) in [6, 6.07) is 14.7. The van der Waals surface area contributed by atoms with Crippen molar-refractivity contribution < 1.29 is 9.50 Å². The second-order valence-corrected chi connectivity index (χ2v) is 5.09. The molecule has 0 saturated carbocycles. The van der Waals surface area contributed by atoms with Gasteiger partial charge in [0.25, 0.3) is 0 Å². The van der Waals surface area contributed by atoms with E-state index in [-0.39, 0.29) is 11.9 Å². The monoisotopic (exact) mass is 258 g/mol. The summed E-state index contributed by atoms with van der Waals surface area (Å²) in [6.45, 7) is 3.88. The highest BCUT2D eigenvalue weighted by Gasteiger charge is 2.09. The third-order valence-corrected chi connectivity index (χ3v) is 3.36. The van der Waals surface area contributed by atoms with Crippen molar-refractivity contribution >= 4 is 0 Å². The number of halogens is 1. The average molecular weight is 258 g/mol. The molecule has 0 aliphatic carbocycles. The van der Waals surface area contributed by atoms with Crippen LogP contribution in [0.1, 0.15) is 31.7 Å². The SMILES string of the molecule is CC(O)CC(C)c1ccc(-c2ccccc2F)cc1. The van der Waals surface area contributed by atoms with Crippen molar-refractivity contribution in [2.24, 2.45) is 0 Å². The van der Waals surface area contributed by atoms with Crippen molar-refractivity contribution in [1.82, 2.24) is 0 Å². The molecule has 0 bridgehead atoms. The summed E-state index contributed by atoms with van der Waals surface area (Å²) >= 11 is 0. The minimum atomic E-state index is -0.304. The summed E-state index contributed by atoms with van der Waals surface area (Å²) in [5, 5.41) is 9.40. The van der Waals surface area contributed by atoms with Gasteiger partial charge in [0, 0.05) is 5.56 Å². The lowest BCUT2D eigenvalue weighted by Gasteiger charge is -2.14. The molecule has 2 rings (SSSR count). The van der Waals surface area contributed by atoms with Crippen molar-refractivity contribution in [2.45, 2.75) is 32.3 Å². The van der Waals surface area contributed by atoms with Crippen LogP contribution in [0.3, 0.4) is 0 Å². The molecule has 0 spiro atoms. The molecule has 100 valence electrons. The molecule has 0 aliphatic rings. The molecule has 2 heteroatoms. The van der Waals surface area contributed by atoms with Gasteiger partial charge in [-0.3, -0.25) is 0 Å². The van der Waals surface area contributed by atoms with E-state index < -0.39 is 0 Å². The zero-order valence-electron chi connectivity index (χ0n) is 11.3. The second-order valence-electron chi connectivity index (χ2n) is 5.09. The number of aliphatic hydroxyl groups excluding tert-OH is 1. The Bertz CT molecular complexity index is 531. The minimum absolute atomic E-state index is 0.202. The first kappa shape index (κ1) is 13.8. The quantitative estimate of drug-likeness (QED) is 0.863. The van der Waals surface area contributed by atoms with Crippen LogP contribution in [0.4, 0.5) is 4.39 Å². The van der Waals surface area contributed by atoms with Crippen molar-refractivity contribution in [3.63, 3.8) is 0 Å². The molecule has 2 aromatic rings. The molecule has 2 unspecified atom stereocenters. The van der Waals surface area contributed by atoms with Gasteiger partial charge in [-0.15, -0.1) is 0 Å². The van der Waals surface area contributed by atoms with Gasteiger partial charge in [0.15, 0.2) is 0 Å². The lowest BCUT2D eigenvalue weighted by atomic mass is 9.93. The Hall–Kier alpha value is -1.67. The van der Waals surface area contributed by atoms with E-state index in [4.69, 9.17) is 0 Å². The van der Waals surface area contributed by atoms with Crippen LogP contribution in [0.25, 0.3) is 11.1 Å². The minimum Gasteiger partial charge on any atom is -0.393 e. The lowest BCUT2D eigenvalue weighted by Crippen LogP contribution is -2.05. The lowest BCUT2D eigenvalue weighted by molar-refractivity contribution is 0.176. The maximum Gasteiger partial charge on any atom is 0.131 e. The smallest absolute Gasteiger partial charge is 0.131 e. The number of hydrogen-bond acceptors (Lipinski definition) is 1. The Kier molecular flexibility index (Phi) is 4.33. The first-order chi connectivity index (χ1) is 9.08. The summed E-state index contributed by atoms with van der Waals surface area (Å²) in [5.41, 5.74) is 2.67. The van der Waals surface area contributed by atoms with Crippen LogP contribution in [0, 0.1) is 5.82 Å². The fraction of sp³-hybridized carbons (Fsp3) is 0.294. The standard InChI is InChI=1S/C17H19FO/c1-12(11-13(2)19)14-7-9-15(10-8-14)16-5-3-4-6-17(16)18/h3-10,12-13,19H,11H2,1-2H3. The Labute approximate surface area is 113 Å². The van der Waals surface area contributed by atoms with E-state index in [0.29, 0.717) is 11.5 Å². The van der Waals surface area contributed by atoms with Gasteiger partial charge in [0.1, 0.15) is 5.82 Å². The van der Waals surface area contributed by atoms with Crippen LogP contribution >= 0.6 is 0 Å². The highest BCUT2D eigenvalue weighted by atomic mass is 19.1. The van der Waals surface area contributed by atoms with Crippen LogP contribution in [-0.4, -0.2) is 11.2 Å². The van der Waals surface area contributed by atoms with Crippen molar-refractivity contribution in [2.75, 3.05) is 0 Å². The van der Waals surface area contributed by atoms with E-state index in [9.17, 15) is 9.50 Å². The third-order valence-electron chi connectivity index (χ3n) is 3.36. The van der Waals surface area contributed by atoms with E-state index in [0.717, 1.165) is 12.0 Å². The molecular weight excluding hydrogens is 239 g/mol. The Morgan fingerprint density at radius 2 is 1.63 bits per heavy atom. The van der Waals surface area contributed by atoms with Gasteiger partial charge in [0.2, 0.25) is 0 Å². The number of rotatable bonds is 4. The number of benzene rings is 2. The topological polar surface area (TPSA) is 20.2 Å². The molecule has 1 N–H and O–H groups in total. The van der Waals surface area contributed by atoms with Crippen LogP contribution < -0.4 is 0 Å². The van der Waals surface area contributed by atoms with Gasteiger partial charge in [-0.2, -0.15) is 0 Å². The first-order valence-electron chi connectivity index (χ1n) is 6.61. The van der Waals surface area contributed by atoms with Gasteiger partial charge in [0.05, 0.1) is 6.10 Å². The van der Waals surface area contributed by atoms with Gasteiger partial charge in [-0.1, -0.05) is 49.4 Å². The molecule has 0 heterocycles. The summed E-state index contributed by atoms with van der Waals surface area (Å²) in [6.07, 6.45) is 0.431. The normalized spacial score (nSPS) is 14.1. The number of hydrogen-bond donors (Lipinski definition) is 1. The van der Waals surface area contributed by atoms with Crippen LogP contribution in [0.5, 0.6) is 0 Å². The van der Waals surface area contributed by atoms with Gasteiger partial charge >= 0.3 is 0 Å². The molecule has 2 atom stereocenters. The fourth-order valence-corrected chi connectivity index (χ4v) is 2.33. The average Bonchev–Trinajstić information content (AvgIpc) is 2.39. The highest BCUT2D eigenvalue weighted by molar-refractivity contribution is 5.64. The van der Waals surface area contributed by atoms with E-state index in [1.807, 2.05) is 30.3 Å². The van der Waals surface area contributed by atoms with Crippen molar-refractivity contribution in [3.05, 3.63) is 59.9 Å². The zero-order chi connectivity index (χ0) is 13.8. The summed E-state index contributed by atoms with van der Waals surface area (Å²) in [7, 11) is 0. The molecule has 0 radical (unpaired) electrons. The summed E-state index contributed by atoms with van der Waals surface area (Å²) in [4.78, 5) is 0. The van der Waals surface area contributed by atoms with Crippen molar-refractivity contribution in [1.29, 1.82) is 0 Å². The molecule has 19 heavy (non-hydrogen) atoms. The molecule has 0 aliphatic heterocycles. The Morgan fingerprint density at radius 1 is 1.00 bits per heavy atom. The summed E-state index contributed by atoms with van der Waals surface area (Å²) < 4.78 is 13.7. The van der Waals surface area contributed by atoms with E-state index in [2.05, 4.69) is 6.92 Å². The van der Waals surface area contributed by atoms with E-state index in [1.165, 1.54) is 11.6 Å². The van der Waals surface area contributed by atoms with Gasteiger partial charge in [-0.05, 0) is 36.5 Å². The Balaban J connectivity index is 2.21. The zero-order valence-corrected chi connectivity index (χ0v) is 11.3. The van der Waals surface area contributed by atoms with Gasteiger partial charge < -0.3 is 5.11 Å². The molecular formula is C17H19FO. The van der Waals surface area contributed by atoms with E-state index >= 15 is 0 Å². The molecule has 0 fully saturated rings. The van der Waals surface area contributed by atoms with Crippen LogP contribution in [0.15, 0.2) is 48.5 Å². The fourth-order valence-electron chi connectivity index (χ4n) is 2.33. The summed E-state index contributed by atoms with van der Waals surface area (Å²) in [5.74, 6) is 0.0990. The van der Waals surface area contributed by atoms with Crippen molar-refractivity contribution in [3.8, 4) is 11.1 Å². The molecule has 0 saturated heterocycles. The van der Waals surface area contributed by atoms with Gasteiger partial charge in [-0.25, -0.2) is 4.39 Å². The number of aliphatic hydroxyl groups is 1. The van der Waals surface area contributed by atoms with Crippen LogP contribution in [-0.2, 0) is 0 Å². The maximum absolute atomic E-state index is 13.7. The maximum atomic E-state index is 13.7. The highest BCUT2D eigenvalue weighted by Crippen LogP contribution is 2.26. The first-order valence-corrected chi connectivity index (χ1v) is 6.61. The molecule has 0 amide bonds. The van der Waals surface area contributed by atoms with Crippen LogP contribution in [0.2, 0.25) is 0 Å².